The van der Waals surface area contributed by atoms with E-state index in [0.29, 0.717) is 0 Å². The molecule has 0 aliphatic rings. The van der Waals surface area contributed by atoms with Crippen LogP contribution in [0.25, 0.3) is 0 Å². The van der Waals surface area contributed by atoms with Gasteiger partial charge in [-0.15, -0.1) is 0 Å². The van der Waals surface area contributed by atoms with Crippen molar-refractivity contribution >= 4 is 11.4 Å². The second-order valence-electron chi connectivity index (χ2n) is 4.62. The number of alkyl halides is 3. The highest BCUT2D eigenvalue weighted by Crippen LogP contribution is 2.36. The van der Waals surface area contributed by atoms with Crippen LogP contribution in [0, 0.1) is 20.2 Å². The number of nitrogens with zero attached hydrogens (tertiary/aromatic N) is 2. The van der Waals surface area contributed by atoms with Crippen molar-refractivity contribution in [2.24, 2.45) is 0 Å². The minimum atomic E-state index is -4.66. The Labute approximate surface area is 127 Å². The average molecular weight is 326 g/mol. The van der Waals surface area contributed by atoms with Crippen LogP contribution >= 0.6 is 0 Å². The first-order valence-electron chi connectivity index (χ1n) is 6.27. The van der Waals surface area contributed by atoms with Gasteiger partial charge in [-0.05, 0) is 17.7 Å². The molecule has 2 aromatic rings. The first-order chi connectivity index (χ1) is 10.7. The molecule has 0 spiro atoms. The summed E-state index contributed by atoms with van der Waals surface area (Å²) in [6.45, 7) is 0. The highest BCUT2D eigenvalue weighted by atomic mass is 19.4. The lowest BCUT2D eigenvalue weighted by atomic mass is 9.97. The standard InChI is InChI=1S/C14H9F3N2O4/c15-14(16,17)11-5-2-1-4-9(11)8-10-12(18(20)21)6-3-7-13(10)19(22)23/h1-7H,8H2. The number of hydrogen-bond donors (Lipinski definition) is 0. The fraction of sp³-hybridized carbons (Fsp3) is 0.143. The van der Waals surface area contributed by atoms with Crippen molar-refractivity contribution in [2.75, 3.05) is 0 Å². The monoisotopic (exact) mass is 326 g/mol. The molecule has 0 bridgehead atoms. The van der Waals surface area contributed by atoms with E-state index in [4.69, 9.17) is 0 Å². The molecule has 0 heterocycles. The highest BCUT2D eigenvalue weighted by Gasteiger charge is 2.34. The van der Waals surface area contributed by atoms with Gasteiger partial charge in [0.15, 0.2) is 0 Å². The molecule has 0 saturated carbocycles. The van der Waals surface area contributed by atoms with Gasteiger partial charge in [0.1, 0.15) is 5.56 Å². The van der Waals surface area contributed by atoms with Crippen molar-refractivity contribution in [3.8, 4) is 0 Å². The Hall–Kier alpha value is -2.97. The second-order valence-corrected chi connectivity index (χ2v) is 4.62. The van der Waals surface area contributed by atoms with Crippen LogP contribution in [0.15, 0.2) is 42.5 Å². The third-order valence-corrected chi connectivity index (χ3v) is 3.21. The molecule has 0 N–H and O–H groups in total. The summed E-state index contributed by atoms with van der Waals surface area (Å²) >= 11 is 0. The van der Waals surface area contributed by atoms with Crippen molar-refractivity contribution in [3.05, 3.63) is 79.4 Å². The maximum Gasteiger partial charge on any atom is 0.416 e. The number of benzene rings is 2. The lowest BCUT2D eigenvalue weighted by Gasteiger charge is -2.12. The van der Waals surface area contributed by atoms with Gasteiger partial charge in [0.05, 0.1) is 15.4 Å². The van der Waals surface area contributed by atoms with Gasteiger partial charge in [-0.3, -0.25) is 20.2 Å². The highest BCUT2D eigenvalue weighted by molar-refractivity contribution is 5.56. The first-order valence-corrected chi connectivity index (χ1v) is 6.27. The summed E-state index contributed by atoms with van der Waals surface area (Å²) in [6.07, 6.45) is -5.22. The van der Waals surface area contributed by atoms with E-state index < -0.39 is 39.4 Å². The van der Waals surface area contributed by atoms with Gasteiger partial charge in [0, 0.05) is 18.6 Å². The third-order valence-electron chi connectivity index (χ3n) is 3.21. The maximum atomic E-state index is 13.0. The normalized spacial score (nSPS) is 11.3. The molecule has 2 aromatic carbocycles. The largest absolute Gasteiger partial charge is 0.416 e. The third kappa shape index (κ3) is 3.44. The Morgan fingerprint density at radius 1 is 0.870 bits per heavy atom. The molecule has 0 radical (unpaired) electrons. The van der Waals surface area contributed by atoms with Crippen molar-refractivity contribution < 1.29 is 23.0 Å². The fourth-order valence-electron chi connectivity index (χ4n) is 2.23. The zero-order valence-electron chi connectivity index (χ0n) is 11.4. The van der Waals surface area contributed by atoms with Gasteiger partial charge in [0.2, 0.25) is 0 Å². The van der Waals surface area contributed by atoms with E-state index in [9.17, 15) is 33.4 Å². The number of halogens is 3. The molecule has 23 heavy (non-hydrogen) atoms. The molecular formula is C14H9F3N2O4. The molecule has 0 unspecified atom stereocenters. The van der Waals surface area contributed by atoms with Crippen LogP contribution < -0.4 is 0 Å². The van der Waals surface area contributed by atoms with Crippen LogP contribution in [0.4, 0.5) is 24.5 Å². The van der Waals surface area contributed by atoms with E-state index in [1.807, 2.05) is 0 Å². The molecule has 9 heteroatoms. The van der Waals surface area contributed by atoms with Gasteiger partial charge >= 0.3 is 6.18 Å². The fourth-order valence-corrected chi connectivity index (χ4v) is 2.23. The second kappa shape index (κ2) is 6.03. The molecule has 120 valence electrons. The van der Waals surface area contributed by atoms with E-state index in [1.54, 1.807) is 0 Å². The van der Waals surface area contributed by atoms with Crippen LogP contribution in [-0.2, 0) is 12.6 Å². The first kappa shape index (κ1) is 16.4. The molecule has 6 nitrogen and oxygen atoms in total. The SMILES string of the molecule is O=[N+]([O-])c1cccc([N+](=O)[O-])c1Cc1ccccc1C(F)(F)F. The Morgan fingerprint density at radius 2 is 1.39 bits per heavy atom. The Balaban J connectivity index is 2.61. The quantitative estimate of drug-likeness (QED) is 0.625. The molecule has 0 fully saturated rings. The molecule has 0 amide bonds. The minimum Gasteiger partial charge on any atom is -0.258 e. The van der Waals surface area contributed by atoms with Gasteiger partial charge in [0.25, 0.3) is 11.4 Å². The van der Waals surface area contributed by atoms with Gasteiger partial charge < -0.3 is 0 Å². The summed E-state index contributed by atoms with van der Waals surface area (Å²) in [5.41, 5.74) is -2.78. The predicted molar refractivity (Wildman–Crippen MR) is 74.0 cm³/mol. The van der Waals surface area contributed by atoms with Crippen LogP contribution in [0.1, 0.15) is 16.7 Å². The maximum absolute atomic E-state index is 13.0. The van der Waals surface area contributed by atoms with E-state index in [0.717, 1.165) is 30.3 Å². The zero-order chi connectivity index (χ0) is 17.2. The smallest absolute Gasteiger partial charge is 0.258 e. The molecule has 0 atom stereocenters. The summed E-state index contributed by atoms with van der Waals surface area (Å²) in [6, 6.07) is 7.66. The van der Waals surface area contributed by atoms with Crippen molar-refractivity contribution in [3.63, 3.8) is 0 Å². The number of rotatable bonds is 4. The molecule has 0 saturated heterocycles. The summed E-state index contributed by atoms with van der Waals surface area (Å²) < 4.78 is 39.0. The van der Waals surface area contributed by atoms with Crippen LogP contribution in [-0.4, -0.2) is 9.85 Å². The van der Waals surface area contributed by atoms with E-state index in [2.05, 4.69) is 0 Å². The van der Waals surface area contributed by atoms with Crippen LogP contribution in [0.3, 0.4) is 0 Å². The van der Waals surface area contributed by atoms with Gasteiger partial charge in [-0.2, -0.15) is 13.2 Å². The van der Waals surface area contributed by atoms with Crippen molar-refractivity contribution in [1.82, 2.24) is 0 Å². The summed E-state index contributed by atoms with van der Waals surface area (Å²) in [5.74, 6) is 0. The number of hydrogen-bond acceptors (Lipinski definition) is 4. The van der Waals surface area contributed by atoms with Gasteiger partial charge in [-0.1, -0.05) is 18.2 Å². The minimum absolute atomic E-state index is 0.266. The van der Waals surface area contributed by atoms with E-state index in [-0.39, 0.29) is 11.1 Å². The van der Waals surface area contributed by atoms with Gasteiger partial charge in [-0.25, -0.2) is 0 Å². The Morgan fingerprint density at radius 3 is 1.87 bits per heavy atom. The average Bonchev–Trinajstić information content (AvgIpc) is 2.46. The van der Waals surface area contributed by atoms with Crippen LogP contribution in [0.5, 0.6) is 0 Å². The van der Waals surface area contributed by atoms with Crippen LogP contribution in [0.2, 0.25) is 0 Å². The molecular weight excluding hydrogens is 317 g/mol. The lowest BCUT2D eigenvalue weighted by Crippen LogP contribution is -2.10. The summed E-state index contributed by atoms with van der Waals surface area (Å²) in [5, 5.41) is 22.1. The Bertz CT molecular complexity index is 743. The van der Waals surface area contributed by atoms with E-state index >= 15 is 0 Å². The summed E-state index contributed by atoms with van der Waals surface area (Å²) in [4.78, 5) is 20.4. The van der Waals surface area contributed by atoms with E-state index in [1.165, 1.54) is 12.1 Å². The molecule has 0 aliphatic heterocycles. The topological polar surface area (TPSA) is 86.3 Å². The van der Waals surface area contributed by atoms with Crippen molar-refractivity contribution in [1.29, 1.82) is 0 Å². The molecule has 2 rings (SSSR count). The number of nitro benzene ring substituents is 2. The predicted octanol–water partition coefficient (Wildman–Crippen LogP) is 4.11. The van der Waals surface area contributed by atoms with Crippen molar-refractivity contribution in [2.45, 2.75) is 12.6 Å². The zero-order valence-corrected chi connectivity index (χ0v) is 11.4. The number of nitro groups is 2. The molecule has 0 aromatic heterocycles. The Kier molecular flexibility index (Phi) is 4.30. The lowest BCUT2D eigenvalue weighted by molar-refractivity contribution is -0.395. The summed E-state index contributed by atoms with van der Waals surface area (Å²) in [7, 11) is 0. The molecule has 0 aliphatic carbocycles.